The van der Waals surface area contributed by atoms with E-state index in [0.717, 1.165) is 24.9 Å². The third kappa shape index (κ3) is 5.12. The lowest BCUT2D eigenvalue weighted by Gasteiger charge is -2.13. The van der Waals surface area contributed by atoms with Crippen molar-refractivity contribution in [2.45, 2.75) is 32.4 Å². The van der Waals surface area contributed by atoms with Gasteiger partial charge in [-0.3, -0.25) is 10.9 Å². The molecular formula is C15H22ClFN4O. The largest absolute Gasteiger partial charge is 0.338 e. The van der Waals surface area contributed by atoms with Gasteiger partial charge in [-0.05, 0) is 43.4 Å². The summed E-state index contributed by atoms with van der Waals surface area (Å²) in [6, 6.07) is 4.65. The second-order valence-corrected chi connectivity index (χ2v) is 5.98. The van der Waals surface area contributed by atoms with Crippen LogP contribution in [0.4, 0.5) is 9.18 Å². The molecule has 1 aliphatic rings. The van der Waals surface area contributed by atoms with E-state index in [0.29, 0.717) is 25.0 Å². The third-order valence-corrected chi connectivity index (χ3v) is 4.17. The second kappa shape index (κ2) is 8.31. The molecule has 1 aromatic rings. The number of hydrogen-bond donors (Lipinski definition) is 4. The van der Waals surface area contributed by atoms with Gasteiger partial charge < -0.3 is 10.6 Å². The Balaban J connectivity index is 1.60. The number of halogens is 2. The molecule has 1 aliphatic heterocycles. The molecule has 2 rings (SSSR count). The van der Waals surface area contributed by atoms with E-state index in [1.165, 1.54) is 12.1 Å². The van der Waals surface area contributed by atoms with Gasteiger partial charge in [0.1, 0.15) is 5.82 Å². The number of benzene rings is 1. The molecule has 2 amide bonds. The zero-order chi connectivity index (χ0) is 15.9. The van der Waals surface area contributed by atoms with Crippen molar-refractivity contribution >= 4 is 17.6 Å². The van der Waals surface area contributed by atoms with Gasteiger partial charge in [0, 0.05) is 25.7 Å². The van der Waals surface area contributed by atoms with E-state index < -0.39 is 5.82 Å². The first kappa shape index (κ1) is 17.0. The topological polar surface area (TPSA) is 65.2 Å². The molecule has 5 nitrogen and oxygen atoms in total. The highest BCUT2D eigenvalue weighted by molar-refractivity contribution is 6.30. The van der Waals surface area contributed by atoms with Crippen molar-refractivity contribution in [3.8, 4) is 0 Å². The van der Waals surface area contributed by atoms with E-state index in [-0.39, 0.29) is 11.1 Å². The van der Waals surface area contributed by atoms with Crippen LogP contribution in [0.3, 0.4) is 0 Å². The summed E-state index contributed by atoms with van der Waals surface area (Å²) in [6.07, 6.45) is 2.00. The Kier molecular flexibility index (Phi) is 6.42. The maximum Gasteiger partial charge on any atom is 0.315 e. The van der Waals surface area contributed by atoms with Crippen molar-refractivity contribution in [2.75, 3.05) is 13.1 Å². The molecule has 4 N–H and O–H groups in total. The minimum absolute atomic E-state index is 0.0626. The summed E-state index contributed by atoms with van der Waals surface area (Å²) < 4.78 is 13.0. The summed E-state index contributed by atoms with van der Waals surface area (Å²) in [5.41, 5.74) is 7.07. The number of rotatable bonds is 6. The Hall–Kier alpha value is -1.37. The third-order valence-electron chi connectivity index (χ3n) is 3.88. The molecule has 1 heterocycles. The van der Waals surface area contributed by atoms with Crippen LogP contribution in [0.5, 0.6) is 0 Å². The Bertz CT molecular complexity index is 514. The van der Waals surface area contributed by atoms with Crippen LogP contribution in [0, 0.1) is 11.7 Å². The van der Waals surface area contributed by atoms with E-state index in [1.54, 1.807) is 6.07 Å². The molecule has 1 aromatic carbocycles. The van der Waals surface area contributed by atoms with Gasteiger partial charge in [-0.1, -0.05) is 17.7 Å². The van der Waals surface area contributed by atoms with Crippen LogP contribution >= 0.6 is 11.6 Å². The number of carbonyl (C=O) groups is 1. The number of hydrazine groups is 1. The smallest absolute Gasteiger partial charge is 0.315 e. The monoisotopic (exact) mass is 328 g/mol. The van der Waals surface area contributed by atoms with E-state index in [1.807, 2.05) is 0 Å². The zero-order valence-corrected chi connectivity index (χ0v) is 13.3. The van der Waals surface area contributed by atoms with Gasteiger partial charge in [0.05, 0.1) is 5.02 Å². The first-order valence-electron chi connectivity index (χ1n) is 7.50. The number of nitrogens with one attached hydrogen (secondary N) is 4. The van der Waals surface area contributed by atoms with Crippen LogP contribution in [0.15, 0.2) is 18.2 Å². The maximum absolute atomic E-state index is 13.0. The highest BCUT2D eigenvalue weighted by Crippen LogP contribution is 2.16. The van der Waals surface area contributed by atoms with Crippen molar-refractivity contribution in [3.63, 3.8) is 0 Å². The lowest BCUT2D eigenvalue weighted by Crippen LogP contribution is -2.35. The molecular weight excluding hydrogens is 307 g/mol. The summed E-state index contributed by atoms with van der Waals surface area (Å²) in [4.78, 5) is 11.7. The predicted molar refractivity (Wildman–Crippen MR) is 85.0 cm³/mol. The molecule has 122 valence electrons. The minimum atomic E-state index is -0.458. The molecule has 22 heavy (non-hydrogen) atoms. The maximum atomic E-state index is 13.0. The van der Waals surface area contributed by atoms with Crippen LogP contribution in [-0.4, -0.2) is 25.2 Å². The number of carbonyl (C=O) groups excluding carboxylic acids is 1. The lowest BCUT2D eigenvalue weighted by molar-refractivity contribution is 0.240. The first-order chi connectivity index (χ1) is 10.6. The Morgan fingerprint density at radius 3 is 2.95 bits per heavy atom. The average molecular weight is 329 g/mol. The molecule has 2 unspecified atom stereocenters. The summed E-state index contributed by atoms with van der Waals surface area (Å²) in [5, 5.41) is 5.61. The fraction of sp³-hybridized carbons (Fsp3) is 0.533. The van der Waals surface area contributed by atoms with E-state index in [9.17, 15) is 9.18 Å². The van der Waals surface area contributed by atoms with Gasteiger partial charge in [-0.15, -0.1) is 0 Å². The molecule has 0 spiro atoms. The van der Waals surface area contributed by atoms with Crippen molar-refractivity contribution in [2.24, 2.45) is 5.92 Å². The van der Waals surface area contributed by atoms with E-state index in [2.05, 4.69) is 28.4 Å². The molecule has 1 saturated heterocycles. The molecule has 7 heteroatoms. The van der Waals surface area contributed by atoms with Crippen LogP contribution < -0.4 is 21.5 Å². The van der Waals surface area contributed by atoms with Crippen LogP contribution in [0.2, 0.25) is 5.02 Å². The summed E-state index contributed by atoms with van der Waals surface area (Å²) in [6.45, 7) is 4.08. The van der Waals surface area contributed by atoms with Crippen molar-refractivity contribution in [1.29, 1.82) is 0 Å². The van der Waals surface area contributed by atoms with Crippen molar-refractivity contribution in [1.82, 2.24) is 21.5 Å². The fourth-order valence-electron chi connectivity index (χ4n) is 2.46. The molecule has 0 bridgehead atoms. The summed E-state index contributed by atoms with van der Waals surface area (Å²) in [5.74, 6) is 0.145. The highest BCUT2D eigenvalue weighted by Gasteiger charge is 2.21. The van der Waals surface area contributed by atoms with Gasteiger partial charge in [0.15, 0.2) is 0 Å². The van der Waals surface area contributed by atoms with Gasteiger partial charge in [-0.25, -0.2) is 9.18 Å². The predicted octanol–water partition coefficient (Wildman–Crippen LogP) is 2.17. The molecule has 0 radical (unpaired) electrons. The van der Waals surface area contributed by atoms with E-state index >= 15 is 0 Å². The van der Waals surface area contributed by atoms with Crippen LogP contribution in [0.1, 0.15) is 25.3 Å². The highest BCUT2D eigenvalue weighted by atomic mass is 35.5. The Morgan fingerprint density at radius 2 is 2.27 bits per heavy atom. The Labute approximate surface area is 135 Å². The van der Waals surface area contributed by atoms with E-state index in [4.69, 9.17) is 11.6 Å². The quantitative estimate of drug-likeness (QED) is 0.605. The fourth-order valence-corrected chi connectivity index (χ4v) is 2.66. The van der Waals surface area contributed by atoms with Crippen LogP contribution in [-0.2, 0) is 6.54 Å². The van der Waals surface area contributed by atoms with Gasteiger partial charge in [0.25, 0.3) is 0 Å². The molecule has 0 saturated carbocycles. The first-order valence-corrected chi connectivity index (χ1v) is 7.88. The van der Waals surface area contributed by atoms with Gasteiger partial charge in [-0.2, -0.15) is 0 Å². The zero-order valence-electron chi connectivity index (χ0n) is 12.6. The van der Waals surface area contributed by atoms with Crippen molar-refractivity contribution < 1.29 is 9.18 Å². The standard InChI is InChI=1S/C15H22ClFN4O/c1-10-12(9-20-21-10)3-2-6-18-15(22)19-8-11-4-5-14(17)13(16)7-11/h4-5,7,10,12,20-21H,2-3,6,8-9H2,1H3,(H2,18,19,22). The van der Waals surface area contributed by atoms with Gasteiger partial charge >= 0.3 is 6.03 Å². The molecule has 0 aliphatic carbocycles. The van der Waals surface area contributed by atoms with Crippen molar-refractivity contribution in [3.05, 3.63) is 34.6 Å². The summed E-state index contributed by atoms with van der Waals surface area (Å²) >= 11 is 5.69. The SMILES string of the molecule is CC1NNCC1CCCNC(=O)NCc1ccc(F)c(Cl)c1. The second-order valence-electron chi connectivity index (χ2n) is 5.57. The number of amides is 2. The molecule has 1 fully saturated rings. The number of urea groups is 1. The Morgan fingerprint density at radius 1 is 1.45 bits per heavy atom. The molecule has 0 aromatic heterocycles. The lowest BCUT2D eigenvalue weighted by atomic mass is 9.98. The van der Waals surface area contributed by atoms with Crippen LogP contribution in [0.25, 0.3) is 0 Å². The summed E-state index contributed by atoms with van der Waals surface area (Å²) in [7, 11) is 0. The minimum Gasteiger partial charge on any atom is -0.338 e. The normalized spacial score (nSPS) is 20.9. The average Bonchev–Trinajstić information content (AvgIpc) is 2.90. The number of hydrogen-bond acceptors (Lipinski definition) is 3. The molecule has 2 atom stereocenters. The van der Waals surface area contributed by atoms with Gasteiger partial charge in [0.2, 0.25) is 0 Å².